The van der Waals surface area contributed by atoms with Crippen LogP contribution < -0.4 is 5.32 Å². The molecule has 0 aliphatic carbocycles. The molecule has 0 atom stereocenters. The van der Waals surface area contributed by atoms with Gasteiger partial charge < -0.3 is 0 Å². The maximum atomic E-state index is 12.5. The van der Waals surface area contributed by atoms with Crippen LogP contribution in [0, 0.1) is 0 Å². The molecule has 0 radical (unpaired) electrons. The Hall–Kier alpha value is -1.33. The fourth-order valence-electron chi connectivity index (χ4n) is 1.86. The summed E-state index contributed by atoms with van der Waals surface area (Å²) in [5, 5.41) is 0.923. The number of aromatic nitrogens is 1. The molecule has 0 spiro atoms. The van der Waals surface area contributed by atoms with Crippen LogP contribution in [-0.2, 0) is 10.0 Å². The van der Waals surface area contributed by atoms with Crippen molar-refractivity contribution in [3.8, 4) is 0 Å². The molecule has 2 rings (SSSR count). The lowest BCUT2D eigenvalue weighted by molar-refractivity contribution is 0.588. The van der Waals surface area contributed by atoms with Crippen LogP contribution in [0.25, 0.3) is 0 Å². The topological polar surface area (TPSA) is 39.1 Å². The van der Waals surface area contributed by atoms with Crippen LogP contribution in [0.4, 0.5) is 0 Å². The van der Waals surface area contributed by atoms with E-state index in [9.17, 15) is 8.42 Å². The summed E-state index contributed by atoms with van der Waals surface area (Å²) < 4.78 is 26.5. The van der Waals surface area contributed by atoms with Crippen molar-refractivity contribution >= 4 is 23.4 Å². The summed E-state index contributed by atoms with van der Waals surface area (Å²) in [6.45, 7) is 6.41. The number of hydrogen-bond donors (Lipinski definition) is 0. The maximum Gasteiger partial charge on any atom is 0.267 e. The molecule has 0 fully saturated rings. The minimum atomic E-state index is -3.46. The van der Waals surface area contributed by atoms with E-state index in [2.05, 4.69) is 19.6 Å². The van der Waals surface area contributed by atoms with Crippen LogP contribution in [0.5, 0.6) is 0 Å². The summed E-state index contributed by atoms with van der Waals surface area (Å²) in [5.41, 5.74) is 0. The molecule has 5 heteroatoms. The van der Waals surface area contributed by atoms with E-state index in [-0.39, 0.29) is 0 Å². The highest BCUT2D eigenvalue weighted by atomic mass is 32.2. The monoisotopic (exact) mass is 279 g/mol. The lowest BCUT2D eigenvalue weighted by Gasteiger charge is -2.19. The van der Waals surface area contributed by atoms with Crippen molar-refractivity contribution in [2.75, 3.05) is 0 Å². The summed E-state index contributed by atoms with van der Waals surface area (Å²) in [7, 11) is -5.14. The summed E-state index contributed by atoms with van der Waals surface area (Å²) in [6, 6.07) is 12.3. The van der Waals surface area contributed by atoms with Crippen molar-refractivity contribution < 1.29 is 8.42 Å². The number of benzene rings is 1. The Morgan fingerprint density at radius 2 is 1.56 bits per heavy atom. The summed E-state index contributed by atoms with van der Waals surface area (Å²) in [4.78, 5) is 0.334. The molecule has 3 nitrogen and oxygen atoms in total. The van der Waals surface area contributed by atoms with Crippen molar-refractivity contribution in [3.05, 3.63) is 48.7 Å². The van der Waals surface area contributed by atoms with Gasteiger partial charge in [-0.3, -0.25) is 3.97 Å². The van der Waals surface area contributed by atoms with Crippen LogP contribution in [0.2, 0.25) is 19.6 Å². The highest BCUT2D eigenvalue weighted by Crippen LogP contribution is 2.14. The zero-order chi connectivity index (χ0) is 13.4. The summed E-state index contributed by atoms with van der Waals surface area (Å²) in [6.07, 6.45) is 1.63. The van der Waals surface area contributed by atoms with Crippen molar-refractivity contribution in [1.29, 1.82) is 0 Å². The lowest BCUT2D eigenvalue weighted by Crippen LogP contribution is -2.44. The highest BCUT2D eigenvalue weighted by molar-refractivity contribution is 7.90. The fraction of sp³-hybridized carbons (Fsp3) is 0.231. The molecule has 0 amide bonds. The fourth-order valence-corrected chi connectivity index (χ4v) is 5.65. The normalized spacial score (nSPS) is 12.6. The molecule has 2 aromatic rings. The quantitative estimate of drug-likeness (QED) is 0.809. The van der Waals surface area contributed by atoms with Gasteiger partial charge in [0.2, 0.25) is 0 Å². The van der Waals surface area contributed by atoms with E-state index in [1.807, 2.05) is 12.1 Å². The van der Waals surface area contributed by atoms with E-state index in [0.29, 0.717) is 4.90 Å². The van der Waals surface area contributed by atoms with E-state index in [1.165, 1.54) is 3.97 Å². The van der Waals surface area contributed by atoms with Crippen LogP contribution in [-0.4, -0.2) is 20.5 Å². The van der Waals surface area contributed by atoms with Gasteiger partial charge in [-0.05, 0) is 24.3 Å². The van der Waals surface area contributed by atoms with Gasteiger partial charge in [0.25, 0.3) is 10.0 Å². The molecule has 1 aromatic carbocycles. The molecular formula is C13H17NO2SSi. The molecule has 0 N–H and O–H groups in total. The minimum Gasteiger partial charge on any atom is -0.250 e. The third-order valence-electron chi connectivity index (χ3n) is 2.78. The molecule has 0 unspecified atom stereocenters. The average Bonchev–Trinajstić information content (AvgIpc) is 2.79. The third-order valence-corrected chi connectivity index (χ3v) is 6.59. The molecule has 0 bridgehead atoms. The first-order valence-electron chi connectivity index (χ1n) is 5.82. The van der Waals surface area contributed by atoms with E-state index in [0.717, 1.165) is 5.32 Å². The summed E-state index contributed by atoms with van der Waals surface area (Å²) >= 11 is 0. The van der Waals surface area contributed by atoms with Crippen LogP contribution in [0.3, 0.4) is 0 Å². The van der Waals surface area contributed by atoms with Gasteiger partial charge in [0.05, 0.1) is 4.90 Å². The second kappa shape index (κ2) is 4.40. The first kappa shape index (κ1) is 13.1. The van der Waals surface area contributed by atoms with E-state index in [1.54, 1.807) is 36.5 Å². The minimum absolute atomic E-state index is 0.334. The van der Waals surface area contributed by atoms with Crippen LogP contribution in [0.1, 0.15) is 0 Å². The van der Waals surface area contributed by atoms with Gasteiger partial charge >= 0.3 is 0 Å². The Morgan fingerprint density at radius 1 is 0.944 bits per heavy atom. The molecule has 18 heavy (non-hydrogen) atoms. The van der Waals surface area contributed by atoms with Gasteiger partial charge in [-0.25, -0.2) is 8.42 Å². The van der Waals surface area contributed by atoms with Gasteiger partial charge in [0.15, 0.2) is 0 Å². The van der Waals surface area contributed by atoms with Crippen LogP contribution >= 0.6 is 0 Å². The number of rotatable bonds is 3. The highest BCUT2D eigenvalue weighted by Gasteiger charge is 2.26. The second-order valence-electron chi connectivity index (χ2n) is 5.26. The molecule has 1 heterocycles. The average molecular weight is 279 g/mol. The van der Waals surface area contributed by atoms with E-state index < -0.39 is 18.1 Å². The molecule has 1 aromatic heterocycles. The molecule has 0 saturated heterocycles. The number of hydrogen-bond acceptors (Lipinski definition) is 2. The SMILES string of the molecule is C[Si](C)(C)c1cccn1S(=O)(=O)c1ccccc1. The van der Waals surface area contributed by atoms with Gasteiger partial charge in [-0.1, -0.05) is 37.8 Å². The third kappa shape index (κ3) is 2.28. The smallest absolute Gasteiger partial charge is 0.250 e. The van der Waals surface area contributed by atoms with Gasteiger partial charge in [0.1, 0.15) is 8.07 Å². The molecule has 0 aliphatic heterocycles. The van der Waals surface area contributed by atoms with E-state index >= 15 is 0 Å². The van der Waals surface area contributed by atoms with Crippen molar-refractivity contribution in [3.63, 3.8) is 0 Å². The Morgan fingerprint density at radius 3 is 2.11 bits per heavy atom. The standard InChI is InChI=1S/C13H17NO2SSi/c1-18(2,3)13-10-7-11-14(13)17(15,16)12-8-5-4-6-9-12/h4-11H,1-3H3. The Bertz CT molecular complexity index is 639. The first-order chi connectivity index (χ1) is 8.33. The Balaban J connectivity index is 2.60. The van der Waals surface area contributed by atoms with E-state index in [4.69, 9.17) is 0 Å². The van der Waals surface area contributed by atoms with Gasteiger partial charge in [0, 0.05) is 11.5 Å². The second-order valence-corrected chi connectivity index (χ2v) is 12.1. The van der Waals surface area contributed by atoms with Gasteiger partial charge in [-0.15, -0.1) is 0 Å². The molecule has 96 valence electrons. The van der Waals surface area contributed by atoms with Crippen molar-refractivity contribution in [2.45, 2.75) is 24.5 Å². The Kier molecular flexibility index (Phi) is 3.21. The molecule has 0 saturated carbocycles. The number of nitrogens with zero attached hydrogens (tertiary/aromatic N) is 1. The predicted octanol–water partition coefficient (Wildman–Crippen LogP) is 2.27. The lowest BCUT2D eigenvalue weighted by atomic mass is 10.4. The Labute approximate surface area is 109 Å². The van der Waals surface area contributed by atoms with Crippen LogP contribution in [0.15, 0.2) is 53.6 Å². The maximum absolute atomic E-state index is 12.5. The molecule has 0 aliphatic rings. The summed E-state index contributed by atoms with van der Waals surface area (Å²) in [5.74, 6) is 0. The first-order valence-corrected chi connectivity index (χ1v) is 10.8. The van der Waals surface area contributed by atoms with Crippen molar-refractivity contribution in [2.24, 2.45) is 0 Å². The largest absolute Gasteiger partial charge is 0.267 e. The predicted molar refractivity (Wildman–Crippen MR) is 76.4 cm³/mol. The zero-order valence-electron chi connectivity index (χ0n) is 10.8. The molecular weight excluding hydrogens is 262 g/mol. The zero-order valence-corrected chi connectivity index (χ0v) is 12.6. The van der Waals surface area contributed by atoms with Gasteiger partial charge in [-0.2, -0.15) is 0 Å². The van der Waals surface area contributed by atoms with Crippen molar-refractivity contribution in [1.82, 2.24) is 3.97 Å².